The summed E-state index contributed by atoms with van der Waals surface area (Å²) in [5.74, 6) is -0.558. The molecule has 0 saturated carbocycles. The first-order chi connectivity index (χ1) is 26.1. The fourth-order valence-electron chi connectivity index (χ4n) is 7.19. The lowest BCUT2D eigenvalue weighted by atomic mass is 9.97. The lowest BCUT2D eigenvalue weighted by Gasteiger charge is -2.40. The van der Waals surface area contributed by atoms with Crippen LogP contribution in [0.4, 0.5) is 0 Å². The van der Waals surface area contributed by atoms with Gasteiger partial charge < -0.3 is 30.2 Å². The van der Waals surface area contributed by atoms with E-state index in [1.807, 2.05) is 60.3 Å². The molecule has 54 heavy (non-hydrogen) atoms. The smallest absolute Gasteiger partial charge is 0.246 e. The molecular weight excluding hydrogens is 679 g/mol. The van der Waals surface area contributed by atoms with E-state index in [0.717, 1.165) is 42.5 Å². The molecule has 3 N–H and O–H groups in total. The molecule has 1 heterocycles. The molecule has 1 saturated heterocycles. The summed E-state index contributed by atoms with van der Waals surface area (Å²) in [6, 6.07) is 20.5. The molecule has 0 aliphatic carbocycles. The highest BCUT2D eigenvalue weighted by molar-refractivity contribution is 5.94. The second-order valence-corrected chi connectivity index (χ2v) is 14.1. The lowest BCUT2D eigenvalue weighted by molar-refractivity contribution is -0.153. The Labute approximate surface area is 321 Å². The molecular formula is C44H57N5O5. The Morgan fingerprint density at radius 2 is 1.24 bits per heavy atom. The third-order valence-electron chi connectivity index (χ3n) is 10.1. The lowest BCUT2D eigenvalue weighted by Crippen LogP contribution is -2.60. The Morgan fingerprint density at radius 1 is 0.741 bits per heavy atom. The number of hydrogen-bond donors (Lipinski definition) is 3. The Hall–Kier alpha value is -5.19. The summed E-state index contributed by atoms with van der Waals surface area (Å²) >= 11 is 0. The van der Waals surface area contributed by atoms with Gasteiger partial charge in [-0.3, -0.25) is 19.3 Å². The van der Waals surface area contributed by atoms with Crippen molar-refractivity contribution < 1.29 is 24.6 Å². The van der Waals surface area contributed by atoms with Gasteiger partial charge in [0.2, 0.25) is 17.7 Å². The third kappa shape index (κ3) is 11.4. The number of likely N-dealkylation sites (tertiary alicyclic amines) is 1. The van der Waals surface area contributed by atoms with Crippen molar-refractivity contribution in [2.45, 2.75) is 62.7 Å². The fourth-order valence-corrected chi connectivity index (χ4v) is 7.19. The second-order valence-electron chi connectivity index (χ2n) is 14.1. The molecule has 0 aromatic heterocycles. The molecule has 10 heteroatoms. The Bertz CT molecular complexity index is 1680. The van der Waals surface area contributed by atoms with E-state index in [2.05, 4.69) is 25.1 Å². The molecule has 4 rings (SSSR count). The Morgan fingerprint density at radius 3 is 1.78 bits per heavy atom. The number of phenolic OH excluding ortho intramolecular Hbond substituents is 2. The topological polar surface area (TPSA) is 117 Å². The van der Waals surface area contributed by atoms with Crippen LogP contribution < -0.4 is 5.32 Å². The summed E-state index contributed by atoms with van der Waals surface area (Å²) in [7, 11) is 3.65. The first-order valence-corrected chi connectivity index (χ1v) is 18.8. The molecule has 3 aromatic carbocycles. The van der Waals surface area contributed by atoms with Gasteiger partial charge in [-0.25, -0.2) is 0 Å². The number of hydrogen-bond acceptors (Lipinski definition) is 7. The van der Waals surface area contributed by atoms with Gasteiger partial charge in [-0.05, 0) is 87.3 Å². The zero-order valence-electron chi connectivity index (χ0n) is 31.9. The van der Waals surface area contributed by atoms with E-state index in [-0.39, 0.29) is 54.8 Å². The predicted octanol–water partition coefficient (Wildman–Crippen LogP) is 4.98. The number of likely N-dealkylation sites (N-methyl/N-ethyl adjacent to an activating group) is 1. The molecule has 4 atom stereocenters. The summed E-state index contributed by atoms with van der Waals surface area (Å²) in [6.07, 6.45) is 8.37. The van der Waals surface area contributed by atoms with Gasteiger partial charge >= 0.3 is 0 Å². The van der Waals surface area contributed by atoms with E-state index in [4.69, 9.17) is 0 Å². The number of nitrogens with zero attached hydrogens (tertiary/aromatic N) is 4. The summed E-state index contributed by atoms with van der Waals surface area (Å²) < 4.78 is 0. The molecule has 3 aromatic rings. The average molecular weight is 736 g/mol. The number of benzene rings is 3. The van der Waals surface area contributed by atoms with Crippen LogP contribution in [0.15, 0.2) is 117 Å². The number of rotatable bonds is 21. The minimum Gasteiger partial charge on any atom is -0.508 e. The summed E-state index contributed by atoms with van der Waals surface area (Å²) in [4.78, 5) is 51.9. The predicted molar refractivity (Wildman–Crippen MR) is 215 cm³/mol. The normalized spacial score (nSPS) is 15.6. The van der Waals surface area contributed by atoms with Crippen molar-refractivity contribution in [2.75, 3.05) is 46.8 Å². The first-order valence-electron chi connectivity index (χ1n) is 18.8. The van der Waals surface area contributed by atoms with Crippen LogP contribution >= 0.6 is 0 Å². The number of carbonyl (C=O) groups excluding carboxylic acids is 3. The maximum atomic E-state index is 15.4. The maximum absolute atomic E-state index is 15.4. The van der Waals surface area contributed by atoms with Crippen molar-refractivity contribution in [1.29, 1.82) is 0 Å². The van der Waals surface area contributed by atoms with Crippen molar-refractivity contribution in [3.63, 3.8) is 0 Å². The highest BCUT2D eigenvalue weighted by Gasteiger charge is 2.42. The van der Waals surface area contributed by atoms with Gasteiger partial charge in [0.05, 0.1) is 6.04 Å². The Kier molecular flexibility index (Phi) is 16.1. The van der Waals surface area contributed by atoms with E-state index >= 15 is 4.79 Å². The van der Waals surface area contributed by atoms with E-state index < -0.39 is 18.1 Å². The van der Waals surface area contributed by atoms with E-state index in [1.165, 1.54) is 0 Å². The molecule has 10 nitrogen and oxygen atoms in total. The van der Waals surface area contributed by atoms with Gasteiger partial charge in [0.15, 0.2) is 0 Å². The molecule has 1 aliphatic heterocycles. The van der Waals surface area contributed by atoms with Crippen LogP contribution in [0.3, 0.4) is 0 Å². The van der Waals surface area contributed by atoms with Crippen molar-refractivity contribution in [1.82, 2.24) is 24.9 Å². The van der Waals surface area contributed by atoms with Crippen LogP contribution in [0.25, 0.3) is 0 Å². The molecule has 3 amide bonds. The van der Waals surface area contributed by atoms with E-state index in [1.54, 1.807) is 70.5 Å². The van der Waals surface area contributed by atoms with Gasteiger partial charge in [0.25, 0.3) is 0 Å². The number of nitrogens with one attached hydrogen (secondary N) is 1. The van der Waals surface area contributed by atoms with E-state index in [9.17, 15) is 19.8 Å². The van der Waals surface area contributed by atoms with Crippen LogP contribution in [-0.2, 0) is 33.6 Å². The summed E-state index contributed by atoms with van der Waals surface area (Å²) in [5.41, 5.74) is 2.50. The molecule has 4 unspecified atom stereocenters. The van der Waals surface area contributed by atoms with Crippen LogP contribution in [-0.4, -0.2) is 119 Å². The van der Waals surface area contributed by atoms with Gasteiger partial charge in [-0.1, -0.05) is 72.8 Å². The molecule has 0 spiro atoms. The van der Waals surface area contributed by atoms with E-state index in [0.29, 0.717) is 25.9 Å². The first kappa shape index (κ1) is 41.6. The van der Waals surface area contributed by atoms with Crippen molar-refractivity contribution in [3.05, 3.63) is 134 Å². The number of amides is 3. The fraction of sp³-hybridized carbons (Fsp3) is 0.386. The van der Waals surface area contributed by atoms with Crippen molar-refractivity contribution in [3.8, 4) is 11.5 Å². The average Bonchev–Trinajstić information content (AvgIpc) is 3.65. The minimum absolute atomic E-state index is 0.0288. The van der Waals surface area contributed by atoms with Crippen LogP contribution in [0.5, 0.6) is 11.5 Å². The van der Waals surface area contributed by atoms with Gasteiger partial charge in [0, 0.05) is 45.1 Å². The molecule has 0 bridgehead atoms. The van der Waals surface area contributed by atoms with Crippen molar-refractivity contribution in [2.24, 2.45) is 0 Å². The Balaban J connectivity index is 1.78. The number of aromatic hydroxyl groups is 2. The standard InChI is InChI=1S/C44H57N5O5/c1-6-25-45-26-24-36-15-12-29-47(36)43(53)40(31-33-13-10-9-11-14-33)49(28-8-3)44(54)41(32-35-18-22-38(51)23-19-35)48(27-7-2)42(52)39(46(4)5)30-34-16-20-37(50)21-17-34/h6-11,13-14,16-23,36,39-41,45,50-51H,1-3,12,15,24-32H2,4-5H3. The molecule has 1 fully saturated rings. The zero-order valence-corrected chi connectivity index (χ0v) is 31.9. The summed E-state index contributed by atoms with van der Waals surface area (Å²) in [5, 5.41) is 23.3. The number of phenols is 2. The second kappa shape index (κ2) is 20.9. The molecule has 0 radical (unpaired) electrons. The van der Waals surface area contributed by atoms with Gasteiger partial charge in [-0.15, -0.1) is 19.7 Å². The van der Waals surface area contributed by atoms with Gasteiger partial charge in [0.1, 0.15) is 23.6 Å². The van der Waals surface area contributed by atoms with Crippen LogP contribution in [0, 0.1) is 0 Å². The third-order valence-corrected chi connectivity index (χ3v) is 10.1. The minimum atomic E-state index is -1.02. The molecule has 288 valence electrons. The van der Waals surface area contributed by atoms with Crippen LogP contribution in [0.1, 0.15) is 36.0 Å². The highest BCUT2D eigenvalue weighted by atomic mass is 16.3. The zero-order chi connectivity index (χ0) is 39.0. The molecule has 1 aliphatic rings. The monoisotopic (exact) mass is 735 g/mol. The quantitative estimate of drug-likeness (QED) is 0.105. The number of carbonyl (C=O) groups is 3. The SMILES string of the molecule is C=CCNCCC1CCCN1C(=O)C(Cc1ccccc1)N(CC=C)C(=O)C(Cc1ccc(O)cc1)N(CC=C)C(=O)C(Cc1ccc(O)cc1)N(C)C. The van der Waals surface area contributed by atoms with Crippen molar-refractivity contribution >= 4 is 17.7 Å². The maximum Gasteiger partial charge on any atom is 0.246 e. The van der Waals surface area contributed by atoms with Crippen LogP contribution in [0.2, 0.25) is 0 Å². The summed E-state index contributed by atoms with van der Waals surface area (Å²) in [6.45, 7) is 13.9. The van der Waals surface area contributed by atoms with Gasteiger partial charge in [-0.2, -0.15) is 0 Å². The largest absolute Gasteiger partial charge is 0.508 e. The highest BCUT2D eigenvalue weighted by Crippen LogP contribution is 2.26.